The van der Waals surface area contributed by atoms with Crippen LogP contribution < -0.4 is 0 Å². The number of rotatable bonds is 5. The van der Waals surface area contributed by atoms with Gasteiger partial charge in [0.1, 0.15) is 5.78 Å². The lowest BCUT2D eigenvalue weighted by atomic mass is 10.0. The first-order chi connectivity index (χ1) is 7.49. The third kappa shape index (κ3) is 4.27. The second kappa shape index (κ2) is 5.94. The molecule has 0 atom stereocenters. The largest absolute Gasteiger partial charge is 0.299 e. The Hall–Kier alpha value is -0.960. The average molecular weight is 283 g/mol. The zero-order valence-electron chi connectivity index (χ0n) is 9.50. The van der Waals surface area contributed by atoms with Gasteiger partial charge in [0.15, 0.2) is 5.78 Å². The van der Waals surface area contributed by atoms with Gasteiger partial charge in [-0.3, -0.25) is 9.59 Å². The number of benzene rings is 1. The van der Waals surface area contributed by atoms with Gasteiger partial charge in [-0.05, 0) is 18.1 Å². The van der Waals surface area contributed by atoms with Gasteiger partial charge in [0.25, 0.3) is 0 Å². The van der Waals surface area contributed by atoms with Gasteiger partial charge in [-0.15, -0.1) is 0 Å². The molecule has 1 aromatic carbocycles. The highest BCUT2D eigenvalue weighted by molar-refractivity contribution is 9.10. The topological polar surface area (TPSA) is 34.1 Å². The van der Waals surface area contributed by atoms with E-state index in [0.29, 0.717) is 17.9 Å². The molecule has 0 fully saturated rings. The van der Waals surface area contributed by atoms with Crippen LogP contribution in [0, 0.1) is 5.92 Å². The molecular formula is C13H15BrO2. The maximum atomic E-state index is 11.7. The van der Waals surface area contributed by atoms with Crippen molar-refractivity contribution in [2.45, 2.75) is 26.7 Å². The minimum absolute atomic E-state index is 0.0137. The normalized spacial score (nSPS) is 10.5. The minimum Gasteiger partial charge on any atom is -0.299 e. The first-order valence-corrected chi connectivity index (χ1v) is 6.09. The lowest BCUT2D eigenvalue weighted by Crippen LogP contribution is -2.10. The molecule has 2 nitrogen and oxygen atoms in total. The fourth-order valence-electron chi connectivity index (χ4n) is 1.44. The van der Waals surface area contributed by atoms with Crippen molar-refractivity contribution in [3.8, 4) is 0 Å². The van der Waals surface area contributed by atoms with E-state index in [1.807, 2.05) is 13.8 Å². The Balaban J connectivity index is 2.59. The van der Waals surface area contributed by atoms with Gasteiger partial charge in [0.05, 0.1) is 6.42 Å². The van der Waals surface area contributed by atoms with E-state index in [1.54, 1.807) is 24.3 Å². The molecule has 86 valence electrons. The first-order valence-electron chi connectivity index (χ1n) is 5.29. The quantitative estimate of drug-likeness (QED) is 0.610. The van der Waals surface area contributed by atoms with E-state index >= 15 is 0 Å². The van der Waals surface area contributed by atoms with E-state index in [9.17, 15) is 9.59 Å². The smallest absolute Gasteiger partial charge is 0.170 e. The molecule has 0 amide bonds. The predicted molar refractivity (Wildman–Crippen MR) is 67.6 cm³/mol. The maximum Gasteiger partial charge on any atom is 0.170 e. The van der Waals surface area contributed by atoms with Gasteiger partial charge in [-0.25, -0.2) is 0 Å². The third-order valence-electron chi connectivity index (χ3n) is 2.16. The standard InChI is InChI=1S/C13H15BrO2/c1-9(2)7-12(15)8-13(16)10-3-5-11(14)6-4-10/h3-6,9H,7-8H2,1-2H3. The molecule has 0 spiro atoms. The summed E-state index contributed by atoms with van der Waals surface area (Å²) in [5.41, 5.74) is 0.598. The van der Waals surface area contributed by atoms with Crippen LogP contribution >= 0.6 is 15.9 Å². The van der Waals surface area contributed by atoms with Crippen LogP contribution in [0.4, 0.5) is 0 Å². The van der Waals surface area contributed by atoms with Gasteiger partial charge in [-0.2, -0.15) is 0 Å². The molecule has 1 rings (SSSR count). The molecule has 0 aliphatic rings. The number of carbonyl (C=O) groups is 2. The highest BCUT2D eigenvalue weighted by Gasteiger charge is 2.12. The molecule has 1 aromatic rings. The van der Waals surface area contributed by atoms with Crippen molar-refractivity contribution in [3.05, 3.63) is 34.3 Å². The fraction of sp³-hybridized carbons (Fsp3) is 0.385. The molecule has 0 saturated heterocycles. The van der Waals surface area contributed by atoms with Crippen LogP contribution in [0.15, 0.2) is 28.7 Å². The van der Waals surface area contributed by atoms with E-state index in [4.69, 9.17) is 0 Å². The Morgan fingerprint density at radius 1 is 1.19 bits per heavy atom. The highest BCUT2D eigenvalue weighted by Crippen LogP contribution is 2.13. The van der Waals surface area contributed by atoms with Gasteiger partial charge in [0, 0.05) is 16.5 Å². The monoisotopic (exact) mass is 282 g/mol. The zero-order valence-corrected chi connectivity index (χ0v) is 11.1. The summed E-state index contributed by atoms with van der Waals surface area (Å²) in [6.45, 7) is 3.95. The summed E-state index contributed by atoms with van der Waals surface area (Å²) in [4.78, 5) is 23.2. The lowest BCUT2D eigenvalue weighted by molar-refractivity contribution is -0.118. The van der Waals surface area contributed by atoms with E-state index < -0.39 is 0 Å². The van der Waals surface area contributed by atoms with Crippen molar-refractivity contribution in [3.63, 3.8) is 0 Å². The van der Waals surface area contributed by atoms with Crippen LogP contribution in [0.1, 0.15) is 37.0 Å². The molecule has 0 aliphatic carbocycles. The van der Waals surface area contributed by atoms with Crippen molar-refractivity contribution in [1.29, 1.82) is 0 Å². The SMILES string of the molecule is CC(C)CC(=O)CC(=O)c1ccc(Br)cc1. The van der Waals surface area contributed by atoms with Crippen molar-refractivity contribution in [2.75, 3.05) is 0 Å². The number of hydrogen-bond donors (Lipinski definition) is 0. The second-order valence-corrected chi connectivity index (χ2v) is 5.16. The van der Waals surface area contributed by atoms with Crippen LogP contribution in [-0.2, 0) is 4.79 Å². The van der Waals surface area contributed by atoms with E-state index in [2.05, 4.69) is 15.9 Å². The Morgan fingerprint density at radius 2 is 1.75 bits per heavy atom. The summed E-state index contributed by atoms with van der Waals surface area (Å²) < 4.78 is 0.928. The molecule has 0 aromatic heterocycles. The van der Waals surface area contributed by atoms with E-state index in [-0.39, 0.29) is 18.0 Å². The van der Waals surface area contributed by atoms with Crippen molar-refractivity contribution >= 4 is 27.5 Å². The summed E-state index contributed by atoms with van der Waals surface area (Å²) in [6.07, 6.45) is 0.488. The Bertz CT molecular complexity index is 379. The Kier molecular flexibility index (Phi) is 4.87. The molecule has 0 radical (unpaired) electrons. The van der Waals surface area contributed by atoms with Gasteiger partial charge in [-0.1, -0.05) is 41.9 Å². The van der Waals surface area contributed by atoms with Crippen LogP contribution in [0.3, 0.4) is 0 Å². The van der Waals surface area contributed by atoms with Crippen LogP contribution in [0.2, 0.25) is 0 Å². The summed E-state index contributed by atoms with van der Waals surface area (Å²) in [5, 5.41) is 0. The van der Waals surface area contributed by atoms with Gasteiger partial charge in [0.2, 0.25) is 0 Å². The average Bonchev–Trinajstić information content (AvgIpc) is 2.16. The molecule has 0 saturated carbocycles. The molecule has 0 N–H and O–H groups in total. The molecule has 16 heavy (non-hydrogen) atoms. The Labute approximate surface area is 104 Å². The molecule has 0 aliphatic heterocycles. The van der Waals surface area contributed by atoms with E-state index in [0.717, 1.165) is 4.47 Å². The fourth-order valence-corrected chi connectivity index (χ4v) is 1.71. The van der Waals surface area contributed by atoms with Crippen LogP contribution in [-0.4, -0.2) is 11.6 Å². The molecule has 3 heteroatoms. The number of Topliss-reactive ketones (excluding diaryl/α,β-unsaturated/α-hetero) is 2. The number of carbonyl (C=O) groups excluding carboxylic acids is 2. The summed E-state index contributed by atoms with van der Waals surface area (Å²) in [5.74, 6) is 0.228. The van der Waals surface area contributed by atoms with Crippen LogP contribution in [0.25, 0.3) is 0 Å². The Morgan fingerprint density at radius 3 is 2.25 bits per heavy atom. The zero-order chi connectivity index (χ0) is 12.1. The third-order valence-corrected chi connectivity index (χ3v) is 2.69. The summed E-state index contributed by atoms with van der Waals surface area (Å²) >= 11 is 3.30. The van der Waals surface area contributed by atoms with Gasteiger partial charge < -0.3 is 0 Å². The second-order valence-electron chi connectivity index (χ2n) is 4.24. The number of hydrogen-bond acceptors (Lipinski definition) is 2. The molecular weight excluding hydrogens is 268 g/mol. The van der Waals surface area contributed by atoms with E-state index in [1.165, 1.54) is 0 Å². The molecule has 0 unspecified atom stereocenters. The maximum absolute atomic E-state index is 11.7. The van der Waals surface area contributed by atoms with Crippen LogP contribution in [0.5, 0.6) is 0 Å². The molecule has 0 heterocycles. The minimum atomic E-state index is -0.0989. The van der Waals surface area contributed by atoms with Crippen molar-refractivity contribution in [2.24, 2.45) is 5.92 Å². The number of ketones is 2. The number of halogens is 1. The van der Waals surface area contributed by atoms with Gasteiger partial charge >= 0.3 is 0 Å². The highest BCUT2D eigenvalue weighted by atomic mass is 79.9. The summed E-state index contributed by atoms with van der Waals surface area (Å²) in [7, 11) is 0. The predicted octanol–water partition coefficient (Wildman–Crippen LogP) is 3.64. The molecule has 0 bridgehead atoms. The lowest BCUT2D eigenvalue weighted by Gasteiger charge is -2.03. The van der Waals surface area contributed by atoms with Crippen molar-refractivity contribution in [1.82, 2.24) is 0 Å². The summed E-state index contributed by atoms with van der Waals surface area (Å²) in [6, 6.07) is 7.07. The van der Waals surface area contributed by atoms with Crippen molar-refractivity contribution < 1.29 is 9.59 Å². The first kappa shape index (κ1) is 13.1.